The first-order valence-electron chi connectivity index (χ1n) is 6.46. The van der Waals surface area contributed by atoms with Crippen molar-refractivity contribution in [1.82, 2.24) is 9.97 Å². The van der Waals surface area contributed by atoms with E-state index in [1.165, 1.54) is 0 Å². The Bertz CT molecular complexity index is 432. The van der Waals surface area contributed by atoms with E-state index in [-0.39, 0.29) is 17.9 Å². The molecule has 19 heavy (non-hydrogen) atoms. The highest BCUT2D eigenvalue weighted by atomic mass is 35.5. The van der Waals surface area contributed by atoms with E-state index < -0.39 is 0 Å². The third-order valence-electron chi connectivity index (χ3n) is 3.51. The van der Waals surface area contributed by atoms with Crippen molar-refractivity contribution >= 4 is 17.4 Å². The van der Waals surface area contributed by atoms with E-state index in [1.54, 1.807) is 13.2 Å². The van der Waals surface area contributed by atoms with Crippen LogP contribution in [0.3, 0.4) is 0 Å². The fourth-order valence-electron chi connectivity index (χ4n) is 2.54. The molecule has 106 valence electrons. The quantitative estimate of drug-likeness (QED) is 0.857. The summed E-state index contributed by atoms with van der Waals surface area (Å²) in [5.41, 5.74) is 0. The Morgan fingerprint density at radius 3 is 2.58 bits per heavy atom. The number of nitrogens with zero attached hydrogens (tertiary/aromatic N) is 3. The molecule has 2 rings (SSSR count). The van der Waals surface area contributed by atoms with Gasteiger partial charge in [-0.1, -0.05) is 25.4 Å². The number of hydrogen-bond donors (Lipinski definition) is 1. The smallest absolute Gasteiger partial charge is 0.158 e. The number of halogens is 1. The van der Waals surface area contributed by atoms with Gasteiger partial charge in [-0.2, -0.15) is 0 Å². The summed E-state index contributed by atoms with van der Waals surface area (Å²) < 4.78 is 5.04. The fraction of sp³-hybridized carbons (Fsp3) is 0.692. The highest BCUT2D eigenvalue weighted by molar-refractivity contribution is 6.29. The number of aliphatic hydroxyl groups excluding tert-OH is 1. The van der Waals surface area contributed by atoms with Crippen molar-refractivity contribution in [1.29, 1.82) is 0 Å². The van der Waals surface area contributed by atoms with Crippen LogP contribution < -0.4 is 4.90 Å². The molecule has 0 aromatic carbocycles. The minimum atomic E-state index is -0.257. The number of hydrogen-bond acceptors (Lipinski definition) is 5. The van der Waals surface area contributed by atoms with E-state index in [4.69, 9.17) is 16.3 Å². The maximum atomic E-state index is 10.00. The van der Waals surface area contributed by atoms with E-state index in [1.807, 2.05) is 13.8 Å². The van der Waals surface area contributed by atoms with E-state index in [2.05, 4.69) is 14.9 Å². The van der Waals surface area contributed by atoms with Crippen LogP contribution in [0, 0.1) is 11.8 Å². The van der Waals surface area contributed by atoms with E-state index in [0.717, 1.165) is 18.9 Å². The number of ether oxygens (including phenoxy) is 1. The van der Waals surface area contributed by atoms with Gasteiger partial charge in [0.2, 0.25) is 0 Å². The molecule has 1 aromatic heterocycles. The Hall–Kier alpha value is -0.910. The molecule has 2 unspecified atom stereocenters. The first kappa shape index (κ1) is 14.5. The van der Waals surface area contributed by atoms with Crippen LogP contribution in [0.4, 0.5) is 5.82 Å². The molecule has 1 saturated heterocycles. The van der Waals surface area contributed by atoms with Crippen LogP contribution in [0.25, 0.3) is 0 Å². The average molecular weight is 286 g/mol. The lowest BCUT2D eigenvalue weighted by Crippen LogP contribution is -2.47. The molecule has 0 radical (unpaired) electrons. The van der Waals surface area contributed by atoms with Gasteiger partial charge in [0.1, 0.15) is 17.6 Å². The van der Waals surface area contributed by atoms with Gasteiger partial charge in [-0.25, -0.2) is 9.97 Å². The van der Waals surface area contributed by atoms with Gasteiger partial charge in [0, 0.05) is 26.3 Å². The summed E-state index contributed by atoms with van der Waals surface area (Å²) >= 11 is 6.02. The van der Waals surface area contributed by atoms with Crippen LogP contribution in [0.15, 0.2) is 6.07 Å². The van der Waals surface area contributed by atoms with Crippen LogP contribution in [0.2, 0.25) is 5.15 Å². The molecule has 0 spiro atoms. The zero-order valence-electron chi connectivity index (χ0n) is 11.5. The van der Waals surface area contributed by atoms with Gasteiger partial charge in [-0.3, -0.25) is 0 Å². The lowest BCUT2D eigenvalue weighted by molar-refractivity contribution is 0.0527. The van der Waals surface area contributed by atoms with Crippen LogP contribution in [-0.4, -0.2) is 41.4 Å². The number of anilines is 1. The Balaban J connectivity index is 2.21. The molecule has 0 aliphatic carbocycles. The molecule has 0 amide bonds. The predicted octanol–water partition coefficient (Wildman–Crippen LogP) is 1.73. The van der Waals surface area contributed by atoms with E-state index >= 15 is 0 Å². The molecule has 1 aromatic rings. The van der Waals surface area contributed by atoms with Crippen molar-refractivity contribution in [2.75, 3.05) is 25.1 Å². The second-order valence-corrected chi connectivity index (χ2v) is 5.64. The number of aliphatic hydroxyl groups is 1. The molecule has 1 N–H and O–H groups in total. The summed E-state index contributed by atoms with van der Waals surface area (Å²) in [6, 6.07) is 1.76. The monoisotopic (exact) mass is 285 g/mol. The Morgan fingerprint density at radius 1 is 1.37 bits per heavy atom. The van der Waals surface area contributed by atoms with Gasteiger partial charge in [-0.05, 0) is 11.8 Å². The Labute approximate surface area is 118 Å². The van der Waals surface area contributed by atoms with Crippen molar-refractivity contribution in [3.8, 4) is 0 Å². The Kier molecular flexibility index (Phi) is 4.60. The summed E-state index contributed by atoms with van der Waals surface area (Å²) in [4.78, 5) is 10.7. The van der Waals surface area contributed by atoms with Crippen molar-refractivity contribution in [3.63, 3.8) is 0 Å². The molecule has 0 saturated carbocycles. The zero-order chi connectivity index (χ0) is 14.0. The predicted molar refractivity (Wildman–Crippen MR) is 74.3 cm³/mol. The average Bonchev–Trinajstić information content (AvgIpc) is 2.35. The summed E-state index contributed by atoms with van der Waals surface area (Å²) in [5, 5.41) is 10.4. The molecule has 0 bridgehead atoms. The summed E-state index contributed by atoms with van der Waals surface area (Å²) in [6.07, 6.45) is -0.257. The minimum Gasteiger partial charge on any atom is -0.392 e. The summed E-state index contributed by atoms with van der Waals surface area (Å²) in [7, 11) is 1.60. The molecule has 2 atom stereocenters. The van der Waals surface area contributed by atoms with E-state index in [0.29, 0.717) is 17.6 Å². The summed E-state index contributed by atoms with van der Waals surface area (Å²) in [5.74, 6) is 1.81. The van der Waals surface area contributed by atoms with Crippen LogP contribution >= 0.6 is 11.6 Å². The molecular formula is C13H20ClN3O2. The SMILES string of the molecule is COCc1nc(Cl)cc(N2CC(C)C(O)C(C)C2)n1. The fourth-order valence-corrected chi connectivity index (χ4v) is 2.74. The maximum absolute atomic E-state index is 10.00. The molecule has 2 heterocycles. The lowest BCUT2D eigenvalue weighted by Gasteiger charge is -2.39. The second kappa shape index (κ2) is 6.03. The van der Waals surface area contributed by atoms with E-state index in [9.17, 15) is 5.11 Å². The third kappa shape index (κ3) is 3.35. The lowest BCUT2D eigenvalue weighted by atomic mass is 9.88. The van der Waals surface area contributed by atoms with Gasteiger partial charge < -0.3 is 14.7 Å². The first-order chi connectivity index (χ1) is 9.01. The number of piperidine rings is 1. The molecule has 1 aliphatic rings. The maximum Gasteiger partial charge on any atom is 0.158 e. The summed E-state index contributed by atoms with van der Waals surface area (Å²) in [6.45, 7) is 5.98. The van der Waals surface area contributed by atoms with Crippen LogP contribution in [0.5, 0.6) is 0 Å². The van der Waals surface area contributed by atoms with Crippen LogP contribution in [0.1, 0.15) is 19.7 Å². The molecule has 1 fully saturated rings. The van der Waals surface area contributed by atoms with Gasteiger partial charge in [-0.15, -0.1) is 0 Å². The first-order valence-corrected chi connectivity index (χ1v) is 6.84. The standard InChI is InChI=1S/C13H20ClN3O2/c1-8-5-17(6-9(2)13(8)18)12-4-10(14)15-11(16-12)7-19-3/h4,8-9,13,18H,5-7H2,1-3H3. The molecular weight excluding hydrogens is 266 g/mol. The molecule has 5 nitrogen and oxygen atoms in total. The van der Waals surface area contributed by atoms with Crippen molar-refractivity contribution in [2.45, 2.75) is 26.6 Å². The van der Waals surface area contributed by atoms with Crippen molar-refractivity contribution in [2.24, 2.45) is 11.8 Å². The Morgan fingerprint density at radius 2 is 2.00 bits per heavy atom. The molecule has 1 aliphatic heterocycles. The number of rotatable bonds is 3. The highest BCUT2D eigenvalue weighted by Crippen LogP contribution is 2.26. The number of aromatic nitrogens is 2. The zero-order valence-corrected chi connectivity index (χ0v) is 12.3. The second-order valence-electron chi connectivity index (χ2n) is 5.25. The largest absolute Gasteiger partial charge is 0.392 e. The van der Waals surface area contributed by atoms with Gasteiger partial charge >= 0.3 is 0 Å². The number of methoxy groups -OCH3 is 1. The van der Waals surface area contributed by atoms with Gasteiger partial charge in [0.05, 0.1) is 6.10 Å². The third-order valence-corrected chi connectivity index (χ3v) is 3.70. The minimum absolute atomic E-state index is 0.211. The van der Waals surface area contributed by atoms with Crippen molar-refractivity contribution < 1.29 is 9.84 Å². The van der Waals surface area contributed by atoms with Gasteiger partial charge in [0.15, 0.2) is 5.82 Å². The van der Waals surface area contributed by atoms with Crippen molar-refractivity contribution in [3.05, 3.63) is 17.0 Å². The normalized spacial score (nSPS) is 27.6. The topological polar surface area (TPSA) is 58.5 Å². The van der Waals surface area contributed by atoms with Crippen LogP contribution in [-0.2, 0) is 11.3 Å². The van der Waals surface area contributed by atoms with Gasteiger partial charge in [0.25, 0.3) is 0 Å². The molecule has 6 heteroatoms. The highest BCUT2D eigenvalue weighted by Gasteiger charge is 2.31.